The first-order chi connectivity index (χ1) is 11.0. The quantitative estimate of drug-likeness (QED) is 0.755. The number of benzene rings is 1. The molecule has 0 bridgehead atoms. The third-order valence-electron chi connectivity index (χ3n) is 3.22. The van der Waals surface area contributed by atoms with E-state index in [2.05, 4.69) is 15.2 Å². The van der Waals surface area contributed by atoms with E-state index in [1.54, 1.807) is 23.5 Å². The van der Waals surface area contributed by atoms with E-state index in [0.29, 0.717) is 24.5 Å². The number of thiazole rings is 1. The molecule has 0 aliphatic heterocycles. The first kappa shape index (κ1) is 17.4. The Labute approximate surface area is 141 Å². The number of ether oxygens (including phenoxy) is 1. The molecule has 0 fully saturated rings. The molecular formula is C17H23N3O2S. The van der Waals surface area contributed by atoms with Gasteiger partial charge in [0.2, 0.25) is 0 Å². The van der Waals surface area contributed by atoms with Gasteiger partial charge in [-0.2, -0.15) is 0 Å². The van der Waals surface area contributed by atoms with Crippen LogP contribution in [-0.2, 0) is 6.61 Å². The Balaban J connectivity index is 1.84. The lowest BCUT2D eigenvalue weighted by Gasteiger charge is -2.10. The summed E-state index contributed by atoms with van der Waals surface area (Å²) in [6.07, 6.45) is 0.929. The molecule has 1 aromatic carbocycles. The number of nitrogens with zero attached hydrogens (tertiary/aromatic N) is 2. The van der Waals surface area contributed by atoms with Crippen molar-refractivity contribution in [2.45, 2.75) is 20.0 Å². The standard InChI is InChI=1S/C17H23N3O2S/c1-13-19-15(12-23-13)11-22-16-7-4-6-14(10-16)17(21)18-8-5-9-20(2)3/h4,6-7,10,12H,5,8-9,11H2,1-3H3,(H,18,21). The summed E-state index contributed by atoms with van der Waals surface area (Å²) >= 11 is 1.60. The first-order valence-corrected chi connectivity index (χ1v) is 8.49. The van der Waals surface area contributed by atoms with Crippen molar-refractivity contribution in [2.75, 3.05) is 27.2 Å². The average molecular weight is 333 g/mol. The Hall–Kier alpha value is -1.92. The number of hydrogen-bond acceptors (Lipinski definition) is 5. The van der Waals surface area contributed by atoms with Gasteiger partial charge >= 0.3 is 0 Å². The minimum absolute atomic E-state index is 0.0706. The normalized spacial score (nSPS) is 10.8. The van der Waals surface area contributed by atoms with Crippen molar-refractivity contribution in [3.8, 4) is 5.75 Å². The second kappa shape index (κ2) is 8.64. The Bertz CT molecular complexity index is 640. The molecule has 0 unspecified atom stereocenters. The summed E-state index contributed by atoms with van der Waals surface area (Å²) in [5, 5.41) is 5.93. The molecule has 0 atom stereocenters. The van der Waals surface area contributed by atoms with Gasteiger partial charge in [0.05, 0.1) is 10.7 Å². The molecule has 0 aliphatic rings. The van der Waals surface area contributed by atoms with Crippen molar-refractivity contribution >= 4 is 17.2 Å². The van der Waals surface area contributed by atoms with Crippen molar-refractivity contribution in [3.63, 3.8) is 0 Å². The molecule has 2 aromatic rings. The second-order valence-electron chi connectivity index (χ2n) is 5.59. The van der Waals surface area contributed by atoms with E-state index < -0.39 is 0 Å². The highest BCUT2D eigenvalue weighted by molar-refractivity contribution is 7.09. The van der Waals surface area contributed by atoms with E-state index >= 15 is 0 Å². The van der Waals surface area contributed by atoms with Crippen LogP contribution in [0.3, 0.4) is 0 Å². The molecule has 23 heavy (non-hydrogen) atoms. The molecule has 5 nitrogen and oxygen atoms in total. The van der Waals surface area contributed by atoms with Crippen molar-refractivity contribution < 1.29 is 9.53 Å². The number of aryl methyl sites for hydroxylation is 1. The van der Waals surface area contributed by atoms with Crippen LogP contribution >= 0.6 is 11.3 Å². The van der Waals surface area contributed by atoms with Gasteiger partial charge in [0, 0.05) is 17.5 Å². The predicted octanol–water partition coefficient (Wildman–Crippen LogP) is 2.71. The van der Waals surface area contributed by atoms with Gasteiger partial charge in [-0.25, -0.2) is 4.98 Å². The summed E-state index contributed by atoms with van der Waals surface area (Å²) in [6.45, 7) is 4.00. The van der Waals surface area contributed by atoms with E-state index in [1.807, 2.05) is 38.5 Å². The van der Waals surface area contributed by atoms with Gasteiger partial charge in [-0.1, -0.05) is 6.07 Å². The fourth-order valence-corrected chi connectivity index (χ4v) is 2.66. The van der Waals surface area contributed by atoms with Crippen LogP contribution in [0.5, 0.6) is 5.75 Å². The minimum Gasteiger partial charge on any atom is -0.487 e. The van der Waals surface area contributed by atoms with Crippen LogP contribution < -0.4 is 10.1 Å². The number of amides is 1. The molecule has 2 rings (SSSR count). The lowest BCUT2D eigenvalue weighted by molar-refractivity contribution is 0.0952. The fourth-order valence-electron chi connectivity index (χ4n) is 2.06. The van der Waals surface area contributed by atoms with Crippen LogP contribution in [-0.4, -0.2) is 43.0 Å². The largest absolute Gasteiger partial charge is 0.487 e. The predicted molar refractivity (Wildman–Crippen MR) is 93.1 cm³/mol. The molecule has 1 aromatic heterocycles. The Morgan fingerprint density at radius 1 is 1.39 bits per heavy atom. The minimum atomic E-state index is -0.0706. The molecule has 1 heterocycles. The summed E-state index contributed by atoms with van der Waals surface area (Å²) in [5.74, 6) is 0.607. The van der Waals surface area contributed by atoms with Crippen LogP contribution in [0, 0.1) is 6.92 Å². The fraction of sp³-hybridized carbons (Fsp3) is 0.412. The van der Waals surface area contributed by atoms with Gasteiger partial charge in [-0.15, -0.1) is 11.3 Å². The van der Waals surface area contributed by atoms with Crippen molar-refractivity contribution in [3.05, 3.63) is 45.9 Å². The molecular weight excluding hydrogens is 310 g/mol. The van der Waals surface area contributed by atoms with E-state index in [0.717, 1.165) is 23.7 Å². The zero-order valence-corrected chi connectivity index (χ0v) is 14.7. The zero-order chi connectivity index (χ0) is 16.7. The van der Waals surface area contributed by atoms with Crippen LogP contribution in [0.4, 0.5) is 0 Å². The Kier molecular flexibility index (Phi) is 6.55. The maximum absolute atomic E-state index is 12.1. The summed E-state index contributed by atoms with van der Waals surface area (Å²) in [7, 11) is 4.04. The molecule has 1 amide bonds. The van der Waals surface area contributed by atoms with Gasteiger partial charge in [-0.05, 0) is 52.2 Å². The highest BCUT2D eigenvalue weighted by atomic mass is 32.1. The van der Waals surface area contributed by atoms with Gasteiger partial charge in [-0.3, -0.25) is 4.79 Å². The number of carbonyl (C=O) groups excluding carboxylic acids is 1. The number of carbonyl (C=O) groups is 1. The topological polar surface area (TPSA) is 54.5 Å². The molecule has 124 valence electrons. The molecule has 0 aliphatic carbocycles. The zero-order valence-electron chi connectivity index (χ0n) is 13.8. The average Bonchev–Trinajstić information content (AvgIpc) is 2.95. The maximum Gasteiger partial charge on any atom is 0.251 e. The van der Waals surface area contributed by atoms with E-state index in [-0.39, 0.29) is 5.91 Å². The third-order valence-corrected chi connectivity index (χ3v) is 4.04. The van der Waals surface area contributed by atoms with Crippen molar-refractivity contribution in [2.24, 2.45) is 0 Å². The highest BCUT2D eigenvalue weighted by Crippen LogP contribution is 2.16. The Morgan fingerprint density at radius 3 is 2.91 bits per heavy atom. The molecule has 0 radical (unpaired) electrons. The van der Waals surface area contributed by atoms with Crippen LogP contribution in [0.2, 0.25) is 0 Å². The van der Waals surface area contributed by atoms with Gasteiger partial charge in [0.1, 0.15) is 12.4 Å². The third kappa shape index (κ3) is 6.00. The van der Waals surface area contributed by atoms with E-state index in [9.17, 15) is 4.79 Å². The number of rotatable bonds is 8. The van der Waals surface area contributed by atoms with Crippen molar-refractivity contribution in [1.82, 2.24) is 15.2 Å². The maximum atomic E-state index is 12.1. The Morgan fingerprint density at radius 2 is 2.22 bits per heavy atom. The van der Waals surface area contributed by atoms with Crippen LogP contribution in [0.25, 0.3) is 0 Å². The van der Waals surface area contributed by atoms with Gasteiger partial charge in [0.15, 0.2) is 0 Å². The molecule has 0 saturated heterocycles. The lowest BCUT2D eigenvalue weighted by Crippen LogP contribution is -2.27. The summed E-state index contributed by atoms with van der Waals surface area (Å²) < 4.78 is 5.71. The number of hydrogen-bond donors (Lipinski definition) is 1. The van der Waals surface area contributed by atoms with Gasteiger partial charge in [0.25, 0.3) is 5.91 Å². The van der Waals surface area contributed by atoms with Crippen LogP contribution in [0.15, 0.2) is 29.6 Å². The molecule has 0 saturated carbocycles. The summed E-state index contributed by atoms with van der Waals surface area (Å²) in [6, 6.07) is 7.24. The second-order valence-corrected chi connectivity index (χ2v) is 6.65. The lowest BCUT2D eigenvalue weighted by atomic mass is 10.2. The summed E-state index contributed by atoms with van der Waals surface area (Å²) in [5.41, 5.74) is 1.52. The molecule has 0 spiro atoms. The van der Waals surface area contributed by atoms with Crippen molar-refractivity contribution in [1.29, 1.82) is 0 Å². The van der Waals surface area contributed by atoms with Crippen LogP contribution in [0.1, 0.15) is 27.5 Å². The monoisotopic (exact) mass is 333 g/mol. The van der Waals surface area contributed by atoms with E-state index in [1.165, 1.54) is 0 Å². The molecule has 6 heteroatoms. The molecule has 1 N–H and O–H groups in total. The number of aromatic nitrogens is 1. The number of nitrogens with one attached hydrogen (secondary N) is 1. The van der Waals surface area contributed by atoms with E-state index in [4.69, 9.17) is 4.74 Å². The highest BCUT2D eigenvalue weighted by Gasteiger charge is 2.07. The first-order valence-electron chi connectivity index (χ1n) is 7.61. The SMILES string of the molecule is Cc1nc(COc2cccc(C(=O)NCCCN(C)C)c2)cs1. The van der Waals surface area contributed by atoms with Gasteiger partial charge < -0.3 is 15.0 Å². The smallest absolute Gasteiger partial charge is 0.251 e. The summed E-state index contributed by atoms with van der Waals surface area (Å²) in [4.78, 5) is 18.6.